The van der Waals surface area contributed by atoms with Crippen LogP contribution in [0.25, 0.3) is 0 Å². The molecule has 1 aromatic heterocycles. The summed E-state index contributed by atoms with van der Waals surface area (Å²) in [6.07, 6.45) is -0.502. The van der Waals surface area contributed by atoms with Crippen molar-refractivity contribution in [1.82, 2.24) is 5.32 Å². The summed E-state index contributed by atoms with van der Waals surface area (Å²) in [6, 6.07) is 8.91. The average molecular weight is 345 g/mol. The van der Waals surface area contributed by atoms with Crippen LogP contribution in [0, 0.1) is 0 Å². The van der Waals surface area contributed by atoms with Crippen LogP contribution in [0.2, 0.25) is 0 Å². The maximum Gasteiger partial charge on any atom is 0.265 e. The van der Waals surface area contributed by atoms with Crippen molar-refractivity contribution in [2.24, 2.45) is 0 Å². The van der Waals surface area contributed by atoms with Crippen LogP contribution >= 0.6 is 11.3 Å². The Hall–Kier alpha value is -2.54. The van der Waals surface area contributed by atoms with Crippen LogP contribution in [0.4, 0.5) is 11.4 Å². The van der Waals surface area contributed by atoms with Crippen molar-refractivity contribution in [2.45, 2.75) is 32.5 Å². The van der Waals surface area contributed by atoms with Gasteiger partial charge in [-0.3, -0.25) is 9.59 Å². The summed E-state index contributed by atoms with van der Waals surface area (Å²) in [4.78, 5) is 24.9. The fraction of sp³-hybridized carbons (Fsp3) is 0.294. The minimum absolute atomic E-state index is 0.0879. The van der Waals surface area contributed by atoms with Gasteiger partial charge in [0.15, 0.2) is 6.10 Å². The van der Waals surface area contributed by atoms with Gasteiger partial charge in [0, 0.05) is 10.6 Å². The zero-order valence-corrected chi connectivity index (χ0v) is 14.3. The fourth-order valence-electron chi connectivity index (χ4n) is 2.35. The molecule has 126 valence electrons. The van der Waals surface area contributed by atoms with Gasteiger partial charge in [0.05, 0.1) is 12.2 Å². The molecule has 0 spiro atoms. The Morgan fingerprint density at radius 2 is 2.25 bits per heavy atom. The Balaban J connectivity index is 1.60. The zero-order valence-electron chi connectivity index (χ0n) is 13.5. The van der Waals surface area contributed by atoms with E-state index >= 15 is 0 Å². The number of carbonyl (C=O) groups is 2. The van der Waals surface area contributed by atoms with Crippen LogP contribution in [-0.4, -0.2) is 24.0 Å². The van der Waals surface area contributed by atoms with Gasteiger partial charge in [-0.05, 0) is 43.5 Å². The third kappa shape index (κ3) is 3.68. The van der Waals surface area contributed by atoms with Crippen LogP contribution in [0.5, 0.6) is 5.75 Å². The Bertz CT molecular complexity index is 746. The van der Waals surface area contributed by atoms with Crippen LogP contribution in [-0.2, 0) is 16.1 Å². The second-order valence-corrected chi connectivity index (χ2v) is 6.66. The van der Waals surface area contributed by atoms with Crippen LogP contribution in [0.3, 0.4) is 0 Å². The molecule has 0 fully saturated rings. The van der Waals surface area contributed by atoms with Crippen molar-refractivity contribution < 1.29 is 14.3 Å². The van der Waals surface area contributed by atoms with Gasteiger partial charge in [0.25, 0.3) is 5.91 Å². The van der Waals surface area contributed by atoms with Crippen LogP contribution in [0.15, 0.2) is 35.7 Å². The lowest BCUT2D eigenvalue weighted by Crippen LogP contribution is -2.37. The normalized spacial score (nSPS) is 17.2. The second kappa shape index (κ2) is 6.92. The first-order valence-corrected chi connectivity index (χ1v) is 8.59. The highest BCUT2D eigenvalue weighted by molar-refractivity contribution is 7.09. The summed E-state index contributed by atoms with van der Waals surface area (Å²) in [6.45, 7) is 4.01. The molecule has 2 amide bonds. The summed E-state index contributed by atoms with van der Waals surface area (Å²) in [5.74, 6) is 0.360. The van der Waals surface area contributed by atoms with Gasteiger partial charge in [-0.1, -0.05) is 6.07 Å². The Labute approximate surface area is 144 Å². The standard InChI is InChI=1S/C17H19N3O3S/c1-10(16(21)18-9-13-4-3-7-24-13)19-12-5-6-15-14(8-12)20-17(22)11(2)23-15/h3-8,10-11,19H,9H2,1-2H3,(H,18,21)(H,20,22)/t10-,11+/m1/s1. The van der Waals surface area contributed by atoms with E-state index in [1.54, 1.807) is 37.3 Å². The van der Waals surface area contributed by atoms with Crippen LogP contribution in [0.1, 0.15) is 18.7 Å². The van der Waals surface area contributed by atoms with Crippen molar-refractivity contribution >= 4 is 34.5 Å². The quantitative estimate of drug-likeness (QED) is 0.778. The number of nitrogens with one attached hydrogen (secondary N) is 3. The number of thiophene rings is 1. The highest BCUT2D eigenvalue weighted by Gasteiger charge is 2.23. The Morgan fingerprint density at radius 3 is 3.00 bits per heavy atom. The minimum atomic E-state index is -0.502. The first kappa shape index (κ1) is 16.3. The molecule has 1 aliphatic heterocycles. The summed E-state index contributed by atoms with van der Waals surface area (Å²) in [5, 5.41) is 10.8. The molecule has 0 saturated heterocycles. The molecule has 1 aromatic carbocycles. The monoisotopic (exact) mass is 345 g/mol. The van der Waals surface area contributed by atoms with Crippen molar-refractivity contribution in [1.29, 1.82) is 0 Å². The molecule has 3 rings (SSSR count). The largest absolute Gasteiger partial charge is 0.479 e. The van der Waals surface area contributed by atoms with E-state index in [2.05, 4.69) is 16.0 Å². The molecule has 7 heteroatoms. The predicted molar refractivity (Wildman–Crippen MR) is 94.4 cm³/mol. The zero-order chi connectivity index (χ0) is 17.1. The van der Waals surface area contributed by atoms with E-state index in [0.29, 0.717) is 18.0 Å². The second-order valence-electron chi connectivity index (χ2n) is 5.62. The average Bonchev–Trinajstić information content (AvgIpc) is 3.07. The molecule has 6 nitrogen and oxygen atoms in total. The lowest BCUT2D eigenvalue weighted by atomic mass is 10.2. The van der Waals surface area contributed by atoms with Crippen molar-refractivity contribution in [2.75, 3.05) is 10.6 Å². The first-order valence-electron chi connectivity index (χ1n) is 7.71. The molecule has 0 radical (unpaired) electrons. The summed E-state index contributed by atoms with van der Waals surface area (Å²) in [5.41, 5.74) is 1.35. The lowest BCUT2D eigenvalue weighted by Gasteiger charge is -2.24. The number of carbonyl (C=O) groups excluding carboxylic acids is 2. The predicted octanol–water partition coefficient (Wildman–Crippen LogP) is 2.58. The third-order valence-corrected chi connectivity index (χ3v) is 4.58. The number of ether oxygens (including phenoxy) is 1. The first-order chi connectivity index (χ1) is 11.5. The fourth-order valence-corrected chi connectivity index (χ4v) is 3.00. The molecular weight excluding hydrogens is 326 g/mol. The molecule has 0 bridgehead atoms. The molecule has 2 heterocycles. The van der Waals surface area contributed by atoms with E-state index in [1.165, 1.54) is 0 Å². The number of fused-ring (bicyclic) bond motifs is 1. The molecule has 0 unspecified atom stereocenters. The molecule has 3 N–H and O–H groups in total. The number of rotatable bonds is 5. The van der Waals surface area contributed by atoms with E-state index < -0.39 is 12.1 Å². The van der Waals surface area contributed by atoms with Crippen molar-refractivity contribution in [3.8, 4) is 5.75 Å². The van der Waals surface area contributed by atoms with Gasteiger partial charge in [0.2, 0.25) is 5.91 Å². The third-order valence-electron chi connectivity index (χ3n) is 3.70. The molecule has 0 aliphatic carbocycles. The SMILES string of the molecule is C[C@@H]1Oc2ccc(N[C@H](C)C(=O)NCc3cccs3)cc2NC1=O. The topological polar surface area (TPSA) is 79.5 Å². The number of benzene rings is 1. The summed E-state index contributed by atoms with van der Waals surface area (Å²) < 4.78 is 5.51. The smallest absolute Gasteiger partial charge is 0.265 e. The Morgan fingerprint density at radius 1 is 1.42 bits per heavy atom. The lowest BCUT2D eigenvalue weighted by molar-refractivity contribution is -0.123. The van der Waals surface area contributed by atoms with Crippen LogP contribution < -0.4 is 20.7 Å². The maximum absolute atomic E-state index is 12.2. The molecule has 1 aliphatic rings. The maximum atomic E-state index is 12.2. The minimum Gasteiger partial charge on any atom is -0.479 e. The van der Waals surface area contributed by atoms with Gasteiger partial charge in [0.1, 0.15) is 11.8 Å². The highest BCUT2D eigenvalue weighted by atomic mass is 32.1. The summed E-state index contributed by atoms with van der Waals surface area (Å²) in [7, 11) is 0. The number of hydrogen-bond acceptors (Lipinski definition) is 5. The highest BCUT2D eigenvalue weighted by Crippen LogP contribution is 2.32. The van der Waals surface area contributed by atoms with Gasteiger partial charge in [-0.15, -0.1) is 11.3 Å². The molecule has 2 aromatic rings. The van der Waals surface area contributed by atoms with Crippen molar-refractivity contribution in [3.05, 3.63) is 40.6 Å². The number of amides is 2. The van der Waals surface area contributed by atoms with Gasteiger partial charge >= 0.3 is 0 Å². The molecular formula is C17H19N3O3S. The van der Waals surface area contributed by atoms with Gasteiger partial charge < -0.3 is 20.7 Å². The van der Waals surface area contributed by atoms with E-state index in [1.807, 2.05) is 23.6 Å². The number of hydrogen-bond donors (Lipinski definition) is 3. The van der Waals surface area contributed by atoms with Crippen molar-refractivity contribution in [3.63, 3.8) is 0 Å². The van der Waals surface area contributed by atoms with E-state index in [0.717, 1.165) is 10.6 Å². The van der Waals surface area contributed by atoms with E-state index in [4.69, 9.17) is 4.74 Å². The van der Waals surface area contributed by atoms with Gasteiger partial charge in [-0.25, -0.2) is 0 Å². The Kier molecular flexibility index (Phi) is 4.71. The van der Waals surface area contributed by atoms with E-state index in [9.17, 15) is 9.59 Å². The molecule has 24 heavy (non-hydrogen) atoms. The van der Waals surface area contributed by atoms with Gasteiger partial charge in [-0.2, -0.15) is 0 Å². The van der Waals surface area contributed by atoms with E-state index in [-0.39, 0.29) is 11.8 Å². The number of anilines is 2. The summed E-state index contributed by atoms with van der Waals surface area (Å²) >= 11 is 1.61. The molecule has 2 atom stereocenters. The molecule has 0 saturated carbocycles.